The minimum atomic E-state index is -0.992. The number of hydrogen-bond acceptors (Lipinski definition) is 2. The maximum Gasteiger partial charge on any atom is 0.335 e. The van der Waals surface area contributed by atoms with Crippen LogP contribution < -0.4 is 0 Å². The maximum atomic E-state index is 11.7. The van der Waals surface area contributed by atoms with Gasteiger partial charge in [0.2, 0.25) is 0 Å². The second-order valence-electron chi connectivity index (χ2n) is 6.97. The van der Waals surface area contributed by atoms with Crippen molar-refractivity contribution in [2.45, 2.75) is 38.5 Å². The molecule has 2 aromatic rings. The van der Waals surface area contributed by atoms with Gasteiger partial charge in [-0.15, -0.1) is 0 Å². The van der Waals surface area contributed by atoms with Crippen LogP contribution in [-0.2, 0) is 16.6 Å². The van der Waals surface area contributed by atoms with Gasteiger partial charge in [0, 0.05) is 0 Å². The van der Waals surface area contributed by atoms with E-state index in [1.54, 1.807) is 12.1 Å². The van der Waals surface area contributed by atoms with Crippen molar-refractivity contribution in [1.29, 1.82) is 0 Å². The van der Waals surface area contributed by atoms with Crippen molar-refractivity contribution < 1.29 is 19.8 Å². The second-order valence-corrected chi connectivity index (χ2v) is 6.97. The van der Waals surface area contributed by atoms with Gasteiger partial charge in [-0.25, -0.2) is 4.79 Å². The molecule has 2 aromatic carbocycles. The molecule has 0 aliphatic carbocycles. The number of aromatic carboxylic acids is 1. The molecule has 1 atom stereocenters. The molecule has 4 nitrogen and oxygen atoms in total. The minimum Gasteiger partial charge on any atom is -0.481 e. The first-order valence-electron chi connectivity index (χ1n) is 7.84. The SMILES string of the molecule is CC(C)(C)c1ccc([C@H](Cc2ccc(C(=O)O)cc2)C(=O)O)cc1. The molecule has 0 fully saturated rings. The molecule has 0 aromatic heterocycles. The quantitative estimate of drug-likeness (QED) is 0.867. The molecule has 0 unspecified atom stereocenters. The Hall–Kier alpha value is -2.62. The summed E-state index contributed by atoms with van der Waals surface area (Å²) >= 11 is 0. The predicted molar refractivity (Wildman–Crippen MR) is 92.6 cm³/mol. The van der Waals surface area contributed by atoms with Gasteiger partial charge in [0.05, 0.1) is 11.5 Å². The Bertz CT molecular complexity index is 722. The Balaban J connectivity index is 2.23. The minimum absolute atomic E-state index is 0.0178. The van der Waals surface area contributed by atoms with Crippen LogP contribution in [0.25, 0.3) is 0 Å². The average Bonchev–Trinajstić information content (AvgIpc) is 2.52. The molecular weight excluding hydrogens is 304 g/mol. The van der Waals surface area contributed by atoms with Gasteiger partial charge in [0.1, 0.15) is 0 Å². The molecule has 0 heterocycles. The van der Waals surface area contributed by atoms with Crippen LogP contribution in [0.2, 0.25) is 0 Å². The summed E-state index contributed by atoms with van der Waals surface area (Å²) in [5.41, 5.74) is 2.91. The Labute approximate surface area is 141 Å². The van der Waals surface area contributed by atoms with Crippen LogP contribution in [0.5, 0.6) is 0 Å². The van der Waals surface area contributed by atoms with E-state index in [0.717, 1.165) is 16.7 Å². The molecule has 0 bridgehead atoms. The first kappa shape index (κ1) is 17.7. The molecule has 0 spiro atoms. The smallest absolute Gasteiger partial charge is 0.335 e. The molecule has 0 radical (unpaired) electrons. The van der Waals surface area contributed by atoms with Gasteiger partial charge in [-0.05, 0) is 40.7 Å². The van der Waals surface area contributed by atoms with E-state index in [2.05, 4.69) is 20.8 Å². The molecule has 24 heavy (non-hydrogen) atoms. The van der Waals surface area contributed by atoms with Crippen LogP contribution in [0, 0.1) is 0 Å². The molecule has 0 saturated heterocycles. The Kier molecular flexibility index (Phi) is 5.07. The average molecular weight is 326 g/mol. The van der Waals surface area contributed by atoms with E-state index < -0.39 is 17.9 Å². The molecule has 2 N–H and O–H groups in total. The van der Waals surface area contributed by atoms with Crippen LogP contribution in [0.3, 0.4) is 0 Å². The van der Waals surface area contributed by atoms with Crippen molar-refractivity contribution >= 4 is 11.9 Å². The maximum absolute atomic E-state index is 11.7. The van der Waals surface area contributed by atoms with E-state index in [-0.39, 0.29) is 11.0 Å². The van der Waals surface area contributed by atoms with E-state index in [1.165, 1.54) is 12.1 Å². The first-order valence-corrected chi connectivity index (χ1v) is 7.84. The molecule has 2 rings (SSSR count). The summed E-state index contributed by atoms with van der Waals surface area (Å²) in [5, 5.41) is 18.5. The predicted octanol–water partition coefficient (Wildman–Crippen LogP) is 4.09. The topological polar surface area (TPSA) is 74.6 Å². The summed E-state index contributed by atoms with van der Waals surface area (Å²) in [6.07, 6.45) is 0.324. The zero-order valence-corrected chi connectivity index (χ0v) is 14.1. The largest absolute Gasteiger partial charge is 0.481 e. The molecular formula is C20H22O4. The molecule has 0 aliphatic rings. The monoisotopic (exact) mass is 326 g/mol. The van der Waals surface area contributed by atoms with Crippen molar-refractivity contribution in [1.82, 2.24) is 0 Å². The van der Waals surface area contributed by atoms with E-state index in [1.807, 2.05) is 24.3 Å². The summed E-state index contributed by atoms with van der Waals surface area (Å²) in [5.74, 6) is -2.54. The standard InChI is InChI=1S/C20H22O4/c1-20(2,3)16-10-8-14(9-11-16)17(19(23)24)12-13-4-6-15(7-5-13)18(21)22/h4-11,17H,12H2,1-3H3,(H,21,22)(H,23,24)/t17-/m0/s1. The highest BCUT2D eigenvalue weighted by Crippen LogP contribution is 2.26. The van der Waals surface area contributed by atoms with Crippen LogP contribution in [0.4, 0.5) is 0 Å². The highest BCUT2D eigenvalue weighted by Gasteiger charge is 2.21. The number of carbonyl (C=O) groups is 2. The van der Waals surface area contributed by atoms with Crippen LogP contribution in [0.1, 0.15) is 53.7 Å². The lowest BCUT2D eigenvalue weighted by Gasteiger charge is -2.20. The number of carboxylic acid groups (broad SMARTS) is 2. The third-order valence-electron chi connectivity index (χ3n) is 4.12. The van der Waals surface area contributed by atoms with Gasteiger partial charge >= 0.3 is 11.9 Å². The highest BCUT2D eigenvalue weighted by atomic mass is 16.4. The van der Waals surface area contributed by atoms with Crippen molar-refractivity contribution in [3.63, 3.8) is 0 Å². The number of aliphatic carboxylic acids is 1. The van der Waals surface area contributed by atoms with Crippen LogP contribution in [-0.4, -0.2) is 22.2 Å². The molecule has 4 heteroatoms. The summed E-state index contributed by atoms with van der Waals surface area (Å²) in [4.78, 5) is 22.6. The normalized spacial score (nSPS) is 12.6. The van der Waals surface area contributed by atoms with E-state index in [4.69, 9.17) is 5.11 Å². The van der Waals surface area contributed by atoms with Crippen molar-refractivity contribution in [3.8, 4) is 0 Å². The van der Waals surface area contributed by atoms with Gasteiger partial charge in [-0.3, -0.25) is 4.79 Å². The Morgan fingerprint density at radius 3 is 1.88 bits per heavy atom. The number of benzene rings is 2. The number of hydrogen-bond donors (Lipinski definition) is 2. The lowest BCUT2D eigenvalue weighted by atomic mass is 9.84. The zero-order valence-electron chi connectivity index (χ0n) is 14.1. The zero-order chi connectivity index (χ0) is 17.9. The Morgan fingerprint density at radius 1 is 0.917 bits per heavy atom. The van der Waals surface area contributed by atoms with Crippen molar-refractivity contribution in [2.75, 3.05) is 0 Å². The third-order valence-corrected chi connectivity index (χ3v) is 4.12. The third kappa shape index (κ3) is 4.22. The lowest BCUT2D eigenvalue weighted by Crippen LogP contribution is -2.16. The van der Waals surface area contributed by atoms with Crippen molar-refractivity contribution in [3.05, 3.63) is 70.8 Å². The Morgan fingerprint density at radius 2 is 1.46 bits per heavy atom. The molecule has 126 valence electrons. The highest BCUT2D eigenvalue weighted by molar-refractivity contribution is 5.87. The molecule has 0 aliphatic heterocycles. The van der Waals surface area contributed by atoms with E-state index >= 15 is 0 Å². The second kappa shape index (κ2) is 6.87. The fraction of sp³-hybridized carbons (Fsp3) is 0.300. The van der Waals surface area contributed by atoms with Gasteiger partial charge in [-0.2, -0.15) is 0 Å². The van der Waals surface area contributed by atoms with Gasteiger partial charge in [-0.1, -0.05) is 57.2 Å². The summed E-state index contributed by atoms with van der Waals surface area (Å²) in [6.45, 7) is 6.34. The van der Waals surface area contributed by atoms with Crippen molar-refractivity contribution in [2.24, 2.45) is 0 Å². The first-order chi connectivity index (χ1) is 11.2. The summed E-state index contributed by atoms with van der Waals surface area (Å²) in [7, 11) is 0. The van der Waals surface area contributed by atoms with Gasteiger partial charge < -0.3 is 10.2 Å². The fourth-order valence-corrected chi connectivity index (χ4v) is 2.58. The van der Waals surface area contributed by atoms with E-state index in [0.29, 0.717) is 6.42 Å². The lowest BCUT2D eigenvalue weighted by molar-refractivity contribution is -0.138. The van der Waals surface area contributed by atoms with E-state index in [9.17, 15) is 14.7 Å². The number of carboxylic acids is 2. The van der Waals surface area contributed by atoms with Gasteiger partial charge in [0.15, 0.2) is 0 Å². The molecule has 0 amide bonds. The summed E-state index contributed by atoms with van der Waals surface area (Å²) in [6, 6.07) is 14.0. The summed E-state index contributed by atoms with van der Waals surface area (Å²) < 4.78 is 0. The van der Waals surface area contributed by atoms with Crippen LogP contribution >= 0.6 is 0 Å². The fourth-order valence-electron chi connectivity index (χ4n) is 2.58. The van der Waals surface area contributed by atoms with Crippen LogP contribution in [0.15, 0.2) is 48.5 Å². The molecule has 0 saturated carbocycles. The van der Waals surface area contributed by atoms with Gasteiger partial charge in [0.25, 0.3) is 0 Å². The number of rotatable bonds is 5.